The Hall–Kier alpha value is -2.01. The van der Waals surface area contributed by atoms with Gasteiger partial charge in [-0.2, -0.15) is 0 Å². The average Bonchev–Trinajstić information content (AvgIpc) is 2.79. The number of carbonyl (C=O) groups is 1. The number of aromatic nitrogens is 2. The zero-order valence-electron chi connectivity index (χ0n) is 10.4. The summed E-state index contributed by atoms with van der Waals surface area (Å²) in [5.74, 6) is 0.480. The highest BCUT2D eigenvalue weighted by Gasteiger charge is 2.11. The predicted octanol–water partition coefficient (Wildman–Crippen LogP) is 3.64. The van der Waals surface area contributed by atoms with Gasteiger partial charge in [-0.25, -0.2) is 9.37 Å². The monoisotopic (exact) mass is 332 g/mol. The van der Waals surface area contributed by atoms with Crippen molar-refractivity contribution in [3.63, 3.8) is 0 Å². The summed E-state index contributed by atoms with van der Waals surface area (Å²) in [7, 11) is 0. The first-order chi connectivity index (χ1) is 9.67. The molecule has 0 spiro atoms. The first-order valence-corrected chi connectivity index (χ1v) is 6.83. The lowest BCUT2D eigenvalue weighted by atomic mass is 10.1. The SMILES string of the molecule is O=Cc1nc(Cc2ccc(F)cc2)n2cc(Br)ccc12. The molecular formula is C15H10BrFN2O. The second-order valence-electron chi connectivity index (χ2n) is 4.44. The van der Waals surface area contributed by atoms with Crippen LogP contribution in [0.15, 0.2) is 47.1 Å². The number of halogens is 2. The molecule has 5 heteroatoms. The number of nitrogens with zero attached hydrogens (tertiary/aromatic N) is 2. The van der Waals surface area contributed by atoms with Crippen LogP contribution in [0.2, 0.25) is 0 Å². The number of fused-ring (bicyclic) bond motifs is 1. The van der Waals surface area contributed by atoms with E-state index in [2.05, 4.69) is 20.9 Å². The number of rotatable bonds is 3. The van der Waals surface area contributed by atoms with Crippen LogP contribution in [0.4, 0.5) is 4.39 Å². The third kappa shape index (κ3) is 2.36. The van der Waals surface area contributed by atoms with Gasteiger partial charge in [0.05, 0.1) is 5.52 Å². The van der Waals surface area contributed by atoms with Crippen LogP contribution >= 0.6 is 15.9 Å². The number of pyridine rings is 1. The van der Waals surface area contributed by atoms with Crippen molar-refractivity contribution in [3.8, 4) is 0 Å². The smallest absolute Gasteiger partial charge is 0.170 e. The van der Waals surface area contributed by atoms with Crippen LogP contribution in [-0.2, 0) is 6.42 Å². The summed E-state index contributed by atoms with van der Waals surface area (Å²) in [5, 5.41) is 0. The van der Waals surface area contributed by atoms with Crippen molar-refractivity contribution in [2.24, 2.45) is 0 Å². The summed E-state index contributed by atoms with van der Waals surface area (Å²) in [4.78, 5) is 15.4. The third-order valence-electron chi connectivity index (χ3n) is 3.09. The van der Waals surface area contributed by atoms with E-state index in [0.717, 1.165) is 27.7 Å². The van der Waals surface area contributed by atoms with Crippen LogP contribution in [0.3, 0.4) is 0 Å². The molecule has 0 saturated heterocycles. The van der Waals surface area contributed by atoms with Gasteiger partial charge in [-0.1, -0.05) is 12.1 Å². The second kappa shape index (κ2) is 5.17. The van der Waals surface area contributed by atoms with Crippen LogP contribution in [0, 0.1) is 5.82 Å². The van der Waals surface area contributed by atoms with Crippen molar-refractivity contribution in [1.82, 2.24) is 9.38 Å². The largest absolute Gasteiger partial charge is 0.302 e. The molecule has 3 nitrogen and oxygen atoms in total. The number of imidazole rings is 1. The van der Waals surface area contributed by atoms with Gasteiger partial charge >= 0.3 is 0 Å². The molecule has 0 radical (unpaired) electrons. The van der Waals surface area contributed by atoms with Crippen LogP contribution < -0.4 is 0 Å². The molecule has 1 aromatic carbocycles. The summed E-state index contributed by atoms with van der Waals surface area (Å²) in [5.41, 5.74) is 2.12. The summed E-state index contributed by atoms with van der Waals surface area (Å²) in [6.45, 7) is 0. The third-order valence-corrected chi connectivity index (χ3v) is 3.56. The fraction of sp³-hybridized carbons (Fsp3) is 0.0667. The molecule has 0 unspecified atom stereocenters. The Morgan fingerprint density at radius 1 is 1.20 bits per heavy atom. The molecule has 0 aliphatic rings. The van der Waals surface area contributed by atoms with Crippen LogP contribution in [0.25, 0.3) is 5.52 Å². The van der Waals surface area contributed by atoms with E-state index in [1.807, 2.05) is 22.7 Å². The maximum absolute atomic E-state index is 12.9. The second-order valence-corrected chi connectivity index (χ2v) is 5.35. The predicted molar refractivity (Wildman–Crippen MR) is 77.5 cm³/mol. The minimum atomic E-state index is -0.266. The number of hydrogen-bond acceptors (Lipinski definition) is 2. The van der Waals surface area contributed by atoms with Crippen LogP contribution in [-0.4, -0.2) is 15.7 Å². The van der Waals surface area contributed by atoms with Crippen molar-refractivity contribution in [3.05, 3.63) is 70.0 Å². The van der Waals surface area contributed by atoms with E-state index in [9.17, 15) is 9.18 Å². The van der Waals surface area contributed by atoms with Gasteiger partial charge in [0.15, 0.2) is 6.29 Å². The Morgan fingerprint density at radius 2 is 1.95 bits per heavy atom. The Morgan fingerprint density at radius 3 is 2.65 bits per heavy atom. The highest BCUT2D eigenvalue weighted by molar-refractivity contribution is 9.10. The zero-order chi connectivity index (χ0) is 14.1. The lowest BCUT2D eigenvalue weighted by molar-refractivity contribution is 0.112. The molecule has 2 heterocycles. The molecule has 0 bridgehead atoms. The molecule has 0 atom stereocenters. The average molecular weight is 333 g/mol. The van der Waals surface area contributed by atoms with Gasteiger partial charge in [-0.15, -0.1) is 0 Å². The molecule has 0 fully saturated rings. The van der Waals surface area contributed by atoms with E-state index in [4.69, 9.17) is 0 Å². The van der Waals surface area contributed by atoms with Crippen molar-refractivity contribution in [1.29, 1.82) is 0 Å². The summed E-state index contributed by atoms with van der Waals surface area (Å²) in [6.07, 6.45) is 3.15. The fourth-order valence-electron chi connectivity index (χ4n) is 2.14. The highest BCUT2D eigenvalue weighted by atomic mass is 79.9. The Bertz CT molecular complexity index is 780. The quantitative estimate of drug-likeness (QED) is 0.686. The normalized spacial score (nSPS) is 10.9. The van der Waals surface area contributed by atoms with Gasteiger partial charge in [-0.05, 0) is 45.8 Å². The number of benzene rings is 1. The number of hydrogen-bond donors (Lipinski definition) is 0. The topological polar surface area (TPSA) is 34.4 Å². The minimum Gasteiger partial charge on any atom is -0.302 e. The van der Waals surface area contributed by atoms with E-state index in [-0.39, 0.29) is 5.82 Å². The van der Waals surface area contributed by atoms with Gasteiger partial charge in [0.2, 0.25) is 0 Å². The van der Waals surface area contributed by atoms with Gasteiger partial charge in [0, 0.05) is 17.1 Å². The molecule has 0 amide bonds. The molecule has 3 rings (SSSR count). The first-order valence-electron chi connectivity index (χ1n) is 6.03. The van der Waals surface area contributed by atoms with Crippen molar-refractivity contribution in [2.45, 2.75) is 6.42 Å². The van der Waals surface area contributed by atoms with Gasteiger partial charge in [0.25, 0.3) is 0 Å². The molecular weight excluding hydrogens is 323 g/mol. The zero-order valence-corrected chi connectivity index (χ0v) is 12.0. The Kier molecular flexibility index (Phi) is 3.36. The molecule has 0 aliphatic carbocycles. The molecule has 100 valence electrons. The van der Waals surface area contributed by atoms with Crippen molar-refractivity contribution < 1.29 is 9.18 Å². The summed E-state index contributed by atoms with van der Waals surface area (Å²) < 4.78 is 15.7. The molecule has 0 N–H and O–H groups in total. The van der Waals surface area contributed by atoms with E-state index in [1.54, 1.807) is 12.1 Å². The molecule has 20 heavy (non-hydrogen) atoms. The van der Waals surface area contributed by atoms with Gasteiger partial charge < -0.3 is 4.40 Å². The van der Waals surface area contributed by atoms with Crippen LogP contribution in [0.5, 0.6) is 0 Å². The molecule has 0 aliphatic heterocycles. The maximum Gasteiger partial charge on any atom is 0.170 e. The Labute approximate surface area is 123 Å². The van der Waals surface area contributed by atoms with Crippen LogP contribution in [0.1, 0.15) is 21.9 Å². The Balaban J connectivity index is 2.08. The summed E-state index contributed by atoms with van der Waals surface area (Å²) >= 11 is 3.41. The number of carbonyl (C=O) groups excluding carboxylic acids is 1. The fourth-order valence-corrected chi connectivity index (χ4v) is 2.48. The molecule has 3 aromatic rings. The van der Waals surface area contributed by atoms with E-state index in [1.165, 1.54) is 12.1 Å². The van der Waals surface area contributed by atoms with Crippen molar-refractivity contribution in [2.75, 3.05) is 0 Å². The first kappa shape index (κ1) is 13.0. The highest BCUT2D eigenvalue weighted by Crippen LogP contribution is 2.19. The van der Waals surface area contributed by atoms with E-state index < -0.39 is 0 Å². The number of aldehydes is 1. The lowest BCUT2D eigenvalue weighted by Crippen LogP contribution is -1.96. The van der Waals surface area contributed by atoms with Crippen molar-refractivity contribution >= 4 is 27.7 Å². The van der Waals surface area contributed by atoms with Gasteiger partial charge in [-0.3, -0.25) is 4.79 Å². The van der Waals surface area contributed by atoms with E-state index >= 15 is 0 Å². The lowest BCUT2D eigenvalue weighted by Gasteiger charge is -2.02. The minimum absolute atomic E-state index is 0.266. The van der Waals surface area contributed by atoms with E-state index in [0.29, 0.717) is 12.1 Å². The standard InChI is InChI=1S/C15H10BrFN2O/c16-11-3-6-14-13(9-20)18-15(19(14)8-11)7-10-1-4-12(17)5-2-10/h1-6,8-9H,7H2. The molecule has 2 aromatic heterocycles. The molecule has 0 saturated carbocycles. The maximum atomic E-state index is 12.9. The summed E-state index contributed by atoms with van der Waals surface area (Å²) in [6, 6.07) is 9.98. The van der Waals surface area contributed by atoms with Gasteiger partial charge in [0.1, 0.15) is 17.3 Å².